The Morgan fingerprint density at radius 2 is 1.74 bits per heavy atom. The van der Waals surface area contributed by atoms with Gasteiger partial charge in [0.15, 0.2) is 0 Å². The van der Waals surface area contributed by atoms with Crippen LogP contribution in [0.3, 0.4) is 0 Å². The van der Waals surface area contributed by atoms with Gasteiger partial charge in [0.05, 0.1) is 16.9 Å². The lowest BCUT2D eigenvalue weighted by Crippen LogP contribution is -2.02. The molecule has 1 heterocycles. The maximum absolute atomic E-state index is 14.0. The molecular formula is C15H10ClFN2. The molecule has 0 radical (unpaired) electrons. The minimum Gasteiger partial charge on any atom is -0.229 e. The summed E-state index contributed by atoms with van der Waals surface area (Å²) in [4.78, 5) is 0. The quantitative estimate of drug-likeness (QED) is 0.679. The Hall–Kier alpha value is -2.13. The smallest absolute Gasteiger partial charge is 0.150 e. The highest BCUT2D eigenvalue weighted by Crippen LogP contribution is 2.28. The van der Waals surface area contributed by atoms with Crippen molar-refractivity contribution >= 4 is 11.6 Å². The molecule has 94 valence electrons. The molecule has 2 aromatic carbocycles. The van der Waals surface area contributed by atoms with E-state index in [0.29, 0.717) is 5.02 Å². The van der Waals surface area contributed by atoms with Crippen LogP contribution in [0.15, 0.2) is 60.8 Å². The Morgan fingerprint density at radius 1 is 0.947 bits per heavy atom. The molecule has 0 amide bonds. The van der Waals surface area contributed by atoms with E-state index in [2.05, 4.69) is 5.10 Å². The maximum Gasteiger partial charge on any atom is 0.150 e. The van der Waals surface area contributed by atoms with Gasteiger partial charge < -0.3 is 0 Å². The van der Waals surface area contributed by atoms with E-state index in [0.717, 1.165) is 11.3 Å². The van der Waals surface area contributed by atoms with Crippen LogP contribution in [-0.4, -0.2) is 9.78 Å². The van der Waals surface area contributed by atoms with E-state index in [1.165, 1.54) is 10.7 Å². The van der Waals surface area contributed by atoms with E-state index in [1.54, 1.807) is 18.3 Å². The number of hydrogen-bond acceptors (Lipinski definition) is 1. The number of hydrogen-bond donors (Lipinski definition) is 0. The first kappa shape index (κ1) is 11.9. The van der Waals surface area contributed by atoms with Crippen molar-refractivity contribution in [1.82, 2.24) is 9.78 Å². The summed E-state index contributed by atoms with van der Waals surface area (Å²) in [6.45, 7) is 0. The van der Waals surface area contributed by atoms with Crippen molar-refractivity contribution in [2.24, 2.45) is 0 Å². The lowest BCUT2D eigenvalue weighted by Gasteiger charge is -2.10. The largest absolute Gasteiger partial charge is 0.229 e. The average molecular weight is 273 g/mol. The fourth-order valence-corrected chi connectivity index (χ4v) is 2.24. The molecule has 0 fully saturated rings. The fourth-order valence-electron chi connectivity index (χ4n) is 2.00. The number of para-hydroxylation sites is 1. The van der Waals surface area contributed by atoms with E-state index in [9.17, 15) is 4.39 Å². The van der Waals surface area contributed by atoms with E-state index in [4.69, 9.17) is 11.6 Å². The van der Waals surface area contributed by atoms with Gasteiger partial charge in [-0.2, -0.15) is 5.10 Å². The van der Waals surface area contributed by atoms with Crippen LogP contribution < -0.4 is 0 Å². The molecule has 0 unspecified atom stereocenters. The summed E-state index contributed by atoms with van der Waals surface area (Å²) in [5.41, 5.74) is 2.03. The SMILES string of the molecule is Fc1cccc(Cl)c1-n1nccc1-c1ccccc1. The number of rotatable bonds is 2. The highest BCUT2D eigenvalue weighted by molar-refractivity contribution is 6.32. The summed E-state index contributed by atoms with van der Waals surface area (Å²) in [5.74, 6) is -0.395. The molecule has 0 saturated heterocycles. The minimum atomic E-state index is -0.395. The molecule has 3 aromatic rings. The van der Waals surface area contributed by atoms with Gasteiger partial charge in [0.1, 0.15) is 11.5 Å². The lowest BCUT2D eigenvalue weighted by molar-refractivity contribution is 0.612. The van der Waals surface area contributed by atoms with Crippen molar-refractivity contribution < 1.29 is 4.39 Å². The Bertz CT molecular complexity index is 687. The molecule has 0 saturated carbocycles. The Kier molecular flexibility index (Phi) is 3.05. The third-order valence-corrected chi connectivity index (χ3v) is 3.17. The predicted molar refractivity (Wildman–Crippen MR) is 74.0 cm³/mol. The first-order valence-electron chi connectivity index (χ1n) is 5.81. The van der Waals surface area contributed by atoms with Gasteiger partial charge in [-0.25, -0.2) is 9.07 Å². The minimum absolute atomic E-state index is 0.271. The van der Waals surface area contributed by atoms with Crippen molar-refractivity contribution in [3.63, 3.8) is 0 Å². The zero-order valence-corrected chi connectivity index (χ0v) is 10.7. The summed E-state index contributed by atoms with van der Waals surface area (Å²) >= 11 is 6.08. The Labute approximate surface area is 115 Å². The Morgan fingerprint density at radius 3 is 2.47 bits per heavy atom. The van der Waals surface area contributed by atoms with E-state index in [1.807, 2.05) is 36.4 Å². The van der Waals surface area contributed by atoms with Crippen LogP contribution in [0.1, 0.15) is 0 Å². The zero-order valence-electron chi connectivity index (χ0n) is 9.92. The molecule has 1 aromatic heterocycles. The molecule has 3 rings (SSSR count). The summed E-state index contributed by atoms with van der Waals surface area (Å²) in [5, 5.41) is 4.51. The van der Waals surface area contributed by atoms with Gasteiger partial charge in [0.25, 0.3) is 0 Å². The van der Waals surface area contributed by atoms with Gasteiger partial charge in [-0.05, 0) is 18.2 Å². The zero-order chi connectivity index (χ0) is 13.2. The first-order valence-corrected chi connectivity index (χ1v) is 6.19. The van der Waals surface area contributed by atoms with Crippen LogP contribution in [0, 0.1) is 5.82 Å². The van der Waals surface area contributed by atoms with Gasteiger partial charge in [-0.3, -0.25) is 0 Å². The number of benzene rings is 2. The average Bonchev–Trinajstić information content (AvgIpc) is 2.89. The summed E-state index contributed by atoms with van der Waals surface area (Å²) in [6, 6.07) is 16.1. The third kappa shape index (κ3) is 2.13. The monoisotopic (exact) mass is 272 g/mol. The molecule has 4 heteroatoms. The van der Waals surface area contributed by atoms with E-state index < -0.39 is 5.82 Å². The molecular weight excluding hydrogens is 263 g/mol. The third-order valence-electron chi connectivity index (χ3n) is 2.86. The second-order valence-corrected chi connectivity index (χ2v) is 4.47. The molecule has 0 bridgehead atoms. The summed E-state index contributed by atoms with van der Waals surface area (Å²) < 4.78 is 15.5. The van der Waals surface area contributed by atoms with Gasteiger partial charge in [-0.1, -0.05) is 48.0 Å². The molecule has 0 N–H and O–H groups in total. The maximum atomic E-state index is 14.0. The normalized spacial score (nSPS) is 10.6. The molecule has 2 nitrogen and oxygen atoms in total. The van der Waals surface area contributed by atoms with Gasteiger partial charge in [0.2, 0.25) is 0 Å². The number of halogens is 2. The highest BCUT2D eigenvalue weighted by Gasteiger charge is 2.14. The van der Waals surface area contributed by atoms with Crippen molar-refractivity contribution in [3.8, 4) is 16.9 Å². The molecule has 0 aliphatic heterocycles. The van der Waals surface area contributed by atoms with Crippen LogP contribution >= 0.6 is 11.6 Å². The molecule has 0 aliphatic rings. The number of nitrogens with zero attached hydrogens (tertiary/aromatic N) is 2. The van der Waals surface area contributed by atoms with E-state index in [-0.39, 0.29) is 5.69 Å². The lowest BCUT2D eigenvalue weighted by atomic mass is 10.1. The summed E-state index contributed by atoms with van der Waals surface area (Å²) in [7, 11) is 0. The number of aromatic nitrogens is 2. The van der Waals surface area contributed by atoms with Crippen LogP contribution in [-0.2, 0) is 0 Å². The topological polar surface area (TPSA) is 17.8 Å². The van der Waals surface area contributed by atoms with Gasteiger partial charge in [-0.15, -0.1) is 0 Å². The van der Waals surface area contributed by atoms with Crippen LogP contribution in [0.4, 0.5) is 4.39 Å². The second-order valence-electron chi connectivity index (χ2n) is 4.06. The highest BCUT2D eigenvalue weighted by atomic mass is 35.5. The first-order chi connectivity index (χ1) is 9.27. The predicted octanol–water partition coefficient (Wildman–Crippen LogP) is 4.33. The molecule has 0 spiro atoms. The van der Waals surface area contributed by atoms with Crippen LogP contribution in [0.25, 0.3) is 16.9 Å². The van der Waals surface area contributed by atoms with Gasteiger partial charge >= 0.3 is 0 Å². The van der Waals surface area contributed by atoms with E-state index >= 15 is 0 Å². The van der Waals surface area contributed by atoms with Crippen LogP contribution in [0.2, 0.25) is 5.02 Å². The van der Waals surface area contributed by atoms with Crippen molar-refractivity contribution in [2.75, 3.05) is 0 Å². The van der Waals surface area contributed by atoms with Gasteiger partial charge in [0, 0.05) is 5.56 Å². The fraction of sp³-hybridized carbons (Fsp3) is 0. The standard InChI is InChI=1S/C15H10ClFN2/c16-12-7-4-8-13(17)15(12)19-14(9-10-18-19)11-5-2-1-3-6-11/h1-10H. The molecule has 0 aliphatic carbocycles. The van der Waals surface area contributed by atoms with Crippen molar-refractivity contribution in [3.05, 3.63) is 71.6 Å². The summed E-state index contributed by atoms with van der Waals surface area (Å²) in [6.07, 6.45) is 1.63. The molecule has 19 heavy (non-hydrogen) atoms. The van der Waals surface area contributed by atoms with Crippen LogP contribution in [0.5, 0.6) is 0 Å². The Balaban J connectivity index is 2.21. The second kappa shape index (κ2) is 4.86. The van der Waals surface area contributed by atoms with Crippen molar-refractivity contribution in [2.45, 2.75) is 0 Å². The van der Waals surface area contributed by atoms with Crippen molar-refractivity contribution in [1.29, 1.82) is 0 Å². The molecule has 0 atom stereocenters.